The van der Waals surface area contributed by atoms with Gasteiger partial charge >= 0.3 is 0 Å². The van der Waals surface area contributed by atoms with E-state index in [4.69, 9.17) is 0 Å². The highest BCUT2D eigenvalue weighted by molar-refractivity contribution is 7.91. The molecule has 0 saturated carbocycles. The molecule has 5 heterocycles. The van der Waals surface area contributed by atoms with Crippen molar-refractivity contribution in [3.63, 3.8) is 0 Å². The Morgan fingerprint density at radius 1 is 0.286 bits per heavy atom. The zero-order valence-electron chi connectivity index (χ0n) is 38.3. The molecule has 4 aromatic heterocycles. The third-order valence-electron chi connectivity index (χ3n) is 15.4. The van der Waals surface area contributed by atoms with Crippen LogP contribution in [-0.4, -0.2) is 26.7 Å². The van der Waals surface area contributed by atoms with Crippen LogP contribution >= 0.6 is 0 Å². The van der Waals surface area contributed by atoms with Crippen LogP contribution in [0.2, 0.25) is 0 Å². The van der Waals surface area contributed by atoms with E-state index in [1.165, 1.54) is 21.5 Å². The van der Waals surface area contributed by atoms with E-state index in [-0.39, 0.29) is 0 Å². The zero-order valence-corrected chi connectivity index (χ0v) is 39.1. The second kappa shape index (κ2) is 14.0. The summed E-state index contributed by atoms with van der Waals surface area (Å²) in [6.07, 6.45) is 0. The lowest BCUT2D eigenvalue weighted by Gasteiger charge is -2.35. The third kappa shape index (κ3) is 5.19. The van der Waals surface area contributed by atoms with Crippen molar-refractivity contribution in [2.45, 2.75) is 29.1 Å². The van der Waals surface area contributed by atoms with Gasteiger partial charge in [0.2, 0.25) is 9.84 Å². The number of sulfone groups is 1. The van der Waals surface area contributed by atoms with Gasteiger partial charge in [-0.3, -0.25) is 0 Å². The van der Waals surface area contributed by atoms with Gasteiger partial charge in [0.15, 0.2) is 0 Å². The fourth-order valence-corrected chi connectivity index (χ4v) is 14.1. The summed E-state index contributed by atoms with van der Waals surface area (Å²) in [7, 11) is -3.87. The lowest BCUT2D eigenvalue weighted by atomic mass is 9.77. The van der Waals surface area contributed by atoms with Gasteiger partial charge in [-0.15, -0.1) is 0 Å². The predicted molar refractivity (Wildman–Crippen MR) is 288 cm³/mol. The topological polar surface area (TPSA) is 53.9 Å². The van der Waals surface area contributed by atoms with Gasteiger partial charge in [-0.25, -0.2) is 8.42 Å². The monoisotopic (exact) mass is 918 g/mol. The Hall–Kier alpha value is -8.65. The number of hydrogen-bond donors (Lipinski definition) is 0. The SMILES string of the molecule is CC1(C)c2cc(-n3c4ccccc4c4cc(-n5c6ccccc6c6ccccc65)ccc43)ccc2S(=O)(=O)c2ccc(-n3c4ccccc4c4cc(-n5c6ccccc6c6ccccc65)ccc43)cc21. The van der Waals surface area contributed by atoms with Crippen molar-refractivity contribution in [2.75, 3.05) is 0 Å². The summed E-state index contributed by atoms with van der Waals surface area (Å²) in [5.74, 6) is 0. The Kier molecular flexibility index (Phi) is 7.85. The van der Waals surface area contributed by atoms with Crippen LogP contribution < -0.4 is 0 Å². The van der Waals surface area contributed by atoms with Crippen molar-refractivity contribution in [3.8, 4) is 22.7 Å². The Morgan fingerprint density at radius 3 is 0.843 bits per heavy atom. The van der Waals surface area contributed by atoms with Crippen LogP contribution in [0.1, 0.15) is 25.0 Å². The molecule has 7 heteroatoms. The van der Waals surface area contributed by atoms with Crippen LogP contribution in [-0.2, 0) is 15.3 Å². The second-order valence-corrected chi connectivity index (χ2v) is 21.2. The standard InChI is InChI=1S/C63H42N4O2S/c1-63(2)51-37-41(66-57-25-13-7-19-47(57)49-35-39(27-31-59(49)66)64-53-21-9-3-15-43(53)44-16-4-10-22-54(44)64)29-33-61(51)70(68,69)62-34-30-42(38-52(62)63)67-58-26-14-8-20-48(58)50-36-40(28-32-60(50)67)65-55-23-11-5-17-45(55)46-18-6-12-24-56(46)65/h3-38H,1-2H3. The Bertz CT molecular complexity index is 4320. The molecule has 0 atom stereocenters. The molecule has 0 radical (unpaired) electrons. The van der Waals surface area contributed by atoms with E-state index >= 15 is 0 Å². The third-order valence-corrected chi connectivity index (χ3v) is 17.2. The van der Waals surface area contributed by atoms with Crippen LogP contribution in [0.5, 0.6) is 0 Å². The van der Waals surface area contributed by atoms with Gasteiger partial charge in [-0.1, -0.05) is 123 Å². The fraction of sp³-hybridized carbons (Fsp3) is 0.0476. The quantitative estimate of drug-likeness (QED) is 0.177. The molecule has 0 N–H and O–H groups in total. The number of benzene rings is 10. The van der Waals surface area contributed by atoms with Crippen LogP contribution in [0.4, 0.5) is 0 Å². The average Bonchev–Trinajstić information content (AvgIpc) is 4.13. The fourth-order valence-electron chi connectivity index (χ4n) is 12.2. The average molecular weight is 919 g/mol. The van der Waals surface area contributed by atoms with Gasteiger partial charge in [0.25, 0.3) is 0 Å². The molecule has 15 rings (SSSR count). The lowest BCUT2D eigenvalue weighted by Crippen LogP contribution is -2.30. The largest absolute Gasteiger partial charge is 0.309 e. The maximum absolute atomic E-state index is 14.9. The minimum atomic E-state index is -3.87. The van der Waals surface area contributed by atoms with E-state index < -0.39 is 15.3 Å². The maximum atomic E-state index is 14.9. The summed E-state index contributed by atoms with van der Waals surface area (Å²) in [5.41, 5.74) is 13.8. The molecule has 0 unspecified atom stereocenters. The first-order chi connectivity index (χ1) is 34.3. The van der Waals surface area contributed by atoms with Crippen molar-refractivity contribution >= 4 is 97.1 Å². The number of nitrogens with zero attached hydrogens (tertiary/aromatic N) is 4. The summed E-state index contributed by atoms with van der Waals surface area (Å²) in [6.45, 7) is 4.33. The molecule has 0 spiro atoms. The highest BCUT2D eigenvalue weighted by atomic mass is 32.2. The molecule has 0 fully saturated rings. The molecule has 0 saturated heterocycles. The summed E-state index contributed by atoms with van der Waals surface area (Å²) >= 11 is 0. The number of para-hydroxylation sites is 6. The lowest BCUT2D eigenvalue weighted by molar-refractivity contribution is 0.555. The van der Waals surface area contributed by atoms with Crippen LogP contribution in [0, 0.1) is 0 Å². The minimum Gasteiger partial charge on any atom is -0.309 e. The molecule has 14 aromatic rings. The molecular formula is C63H42N4O2S. The van der Waals surface area contributed by atoms with Crippen LogP contribution in [0.15, 0.2) is 228 Å². The molecule has 1 aliphatic heterocycles. The molecule has 332 valence electrons. The van der Waals surface area contributed by atoms with Crippen molar-refractivity contribution in [1.29, 1.82) is 0 Å². The molecule has 0 amide bonds. The summed E-state index contributed by atoms with van der Waals surface area (Å²) in [4.78, 5) is 0.704. The Balaban J connectivity index is 0.883. The predicted octanol–water partition coefficient (Wildman–Crippen LogP) is 15.5. The van der Waals surface area contributed by atoms with E-state index in [9.17, 15) is 8.42 Å². The first-order valence-electron chi connectivity index (χ1n) is 23.8. The number of aromatic nitrogens is 4. The summed E-state index contributed by atoms with van der Waals surface area (Å²) in [6, 6.07) is 76.8. The minimum absolute atomic E-state index is 0.352. The number of rotatable bonds is 4. The van der Waals surface area contributed by atoms with Gasteiger partial charge in [0, 0.05) is 71.3 Å². The normalized spacial score (nSPS) is 14.2. The van der Waals surface area contributed by atoms with Crippen molar-refractivity contribution < 1.29 is 8.42 Å². The van der Waals surface area contributed by atoms with E-state index in [1.54, 1.807) is 0 Å². The summed E-state index contributed by atoms with van der Waals surface area (Å²) in [5, 5.41) is 9.41. The van der Waals surface area contributed by atoms with E-state index in [2.05, 4.69) is 226 Å². The maximum Gasteiger partial charge on any atom is 0.207 e. The van der Waals surface area contributed by atoms with E-state index in [1.807, 2.05) is 24.3 Å². The molecule has 6 nitrogen and oxygen atoms in total. The van der Waals surface area contributed by atoms with Gasteiger partial charge in [-0.05, 0) is 120 Å². The first kappa shape index (κ1) is 39.4. The van der Waals surface area contributed by atoms with Gasteiger partial charge in [0.05, 0.1) is 53.9 Å². The number of hydrogen-bond acceptors (Lipinski definition) is 2. The number of fused-ring (bicyclic) bond motifs is 14. The second-order valence-electron chi connectivity index (χ2n) is 19.3. The van der Waals surface area contributed by atoms with Gasteiger partial charge in [0.1, 0.15) is 0 Å². The zero-order chi connectivity index (χ0) is 46.6. The van der Waals surface area contributed by atoms with Gasteiger partial charge in [-0.2, -0.15) is 0 Å². The van der Waals surface area contributed by atoms with E-state index in [0.29, 0.717) is 9.79 Å². The Morgan fingerprint density at radius 2 is 0.529 bits per heavy atom. The smallest absolute Gasteiger partial charge is 0.207 e. The highest BCUT2D eigenvalue weighted by Crippen LogP contribution is 2.48. The molecule has 1 aliphatic rings. The van der Waals surface area contributed by atoms with E-state index in [0.717, 1.165) is 99.6 Å². The van der Waals surface area contributed by atoms with Crippen LogP contribution in [0.3, 0.4) is 0 Å². The van der Waals surface area contributed by atoms with Crippen molar-refractivity contribution in [3.05, 3.63) is 230 Å². The highest BCUT2D eigenvalue weighted by Gasteiger charge is 2.41. The molecular weight excluding hydrogens is 877 g/mol. The van der Waals surface area contributed by atoms with Crippen molar-refractivity contribution in [2.24, 2.45) is 0 Å². The molecule has 0 aliphatic carbocycles. The first-order valence-corrected chi connectivity index (χ1v) is 25.3. The van der Waals surface area contributed by atoms with Gasteiger partial charge < -0.3 is 18.3 Å². The molecule has 10 aromatic carbocycles. The van der Waals surface area contributed by atoms with Crippen LogP contribution in [0.25, 0.3) is 110 Å². The molecule has 70 heavy (non-hydrogen) atoms. The Labute approximate surface area is 403 Å². The van der Waals surface area contributed by atoms with Crippen molar-refractivity contribution in [1.82, 2.24) is 18.3 Å². The summed E-state index contributed by atoms with van der Waals surface area (Å²) < 4.78 is 39.1. The molecule has 0 bridgehead atoms.